The van der Waals surface area contributed by atoms with Gasteiger partial charge in [0, 0.05) is 0 Å². The van der Waals surface area contributed by atoms with Gasteiger partial charge in [0.2, 0.25) is 0 Å². The van der Waals surface area contributed by atoms with Crippen LogP contribution in [0.25, 0.3) is 0 Å². The molecule has 0 unspecified atom stereocenters. The first-order chi connectivity index (χ1) is 9.87. The second-order valence-electron chi connectivity index (χ2n) is 5.07. The molecule has 0 aliphatic carbocycles. The minimum atomic E-state index is -3.67. The van der Waals surface area contributed by atoms with Gasteiger partial charge in [0.1, 0.15) is 5.15 Å². The number of nitrogens with zero attached hydrogens (tertiary/aromatic N) is 2. The summed E-state index contributed by atoms with van der Waals surface area (Å²) in [4.78, 5) is 7.83. The maximum atomic E-state index is 12.2. The number of benzene rings is 1. The number of nitrogens with one attached hydrogen (secondary N) is 1. The molecule has 5 nitrogen and oxygen atoms in total. The van der Waals surface area contributed by atoms with E-state index in [0.29, 0.717) is 5.92 Å². The van der Waals surface area contributed by atoms with Crippen LogP contribution >= 0.6 is 11.6 Å². The Bertz CT molecular complexity index is 698. The zero-order valence-electron chi connectivity index (χ0n) is 11.7. The highest BCUT2D eigenvalue weighted by molar-refractivity contribution is 7.92. The third-order valence-corrected chi connectivity index (χ3v) is 4.30. The van der Waals surface area contributed by atoms with Gasteiger partial charge >= 0.3 is 0 Å². The number of rotatable bonds is 5. The van der Waals surface area contributed by atoms with E-state index in [0.717, 1.165) is 12.0 Å². The summed E-state index contributed by atoms with van der Waals surface area (Å²) in [5.41, 5.74) is 1.11. The van der Waals surface area contributed by atoms with Crippen molar-refractivity contribution in [3.8, 4) is 0 Å². The quantitative estimate of drug-likeness (QED) is 0.916. The molecule has 0 amide bonds. The number of halogens is 1. The lowest BCUT2D eigenvalue weighted by Crippen LogP contribution is -2.14. The van der Waals surface area contributed by atoms with Crippen LogP contribution in [-0.4, -0.2) is 18.4 Å². The monoisotopic (exact) mass is 325 g/mol. The Hall–Kier alpha value is -1.66. The predicted octanol–water partition coefficient (Wildman–Crippen LogP) is 3.13. The van der Waals surface area contributed by atoms with Crippen molar-refractivity contribution in [2.45, 2.75) is 25.2 Å². The van der Waals surface area contributed by atoms with E-state index in [-0.39, 0.29) is 15.9 Å². The Morgan fingerprint density at radius 1 is 1.14 bits per heavy atom. The van der Waals surface area contributed by atoms with E-state index in [1.807, 2.05) is 12.1 Å². The number of hydrogen-bond acceptors (Lipinski definition) is 4. The van der Waals surface area contributed by atoms with Crippen LogP contribution in [-0.2, 0) is 16.4 Å². The fourth-order valence-corrected chi connectivity index (χ4v) is 2.93. The molecule has 0 bridgehead atoms. The van der Waals surface area contributed by atoms with Crippen molar-refractivity contribution in [2.75, 3.05) is 4.72 Å². The smallest absolute Gasteiger partial charge is 0.262 e. The molecule has 0 atom stereocenters. The molecule has 21 heavy (non-hydrogen) atoms. The molecule has 1 aromatic heterocycles. The van der Waals surface area contributed by atoms with Crippen LogP contribution in [0, 0.1) is 5.92 Å². The molecule has 0 radical (unpaired) electrons. The number of anilines is 1. The summed E-state index contributed by atoms with van der Waals surface area (Å²) < 4.78 is 26.8. The second-order valence-corrected chi connectivity index (χ2v) is 7.14. The molecule has 1 aromatic carbocycles. The van der Waals surface area contributed by atoms with Gasteiger partial charge in [-0.2, -0.15) is 0 Å². The lowest BCUT2D eigenvalue weighted by atomic mass is 10.0. The molecule has 0 spiro atoms. The summed E-state index contributed by atoms with van der Waals surface area (Å²) in [5.74, 6) is 0.653. The van der Waals surface area contributed by atoms with Crippen LogP contribution in [0.15, 0.2) is 41.6 Å². The average molecular weight is 326 g/mol. The van der Waals surface area contributed by atoms with Crippen LogP contribution in [0.4, 0.5) is 5.82 Å². The second kappa shape index (κ2) is 6.41. The van der Waals surface area contributed by atoms with Gasteiger partial charge in [-0.25, -0.2) is 18.4 Å². The molecule has 1 heterocycles. The van der Waals surface area contributed by atoms with Gasteiger partial charge in [-0.05, 0) is 30.0 Å². The van der Waals surface area contributed by atoms with Gasteiger partial charge in [-0.15, -0.1) is 0 Å². The standard InChI is InChI=1S/C14H16ClN3O2S/c1-10(2)7-11-3-5-12(6-4-11)21(19,20)18-14-9-16-13(15)8-17-14/h3-6,8-10H,7H2,1-2H3,(H,17,18). The van der Waals surface area contributed by atoms with Gasteiger partial charge in [0.15, 0.2) is 5.82 Å². The van der Waals surface area contributed by atoms with Crippen LogP contribution in [0.1, 0.15) is 19.4 Å². The lowest BCUT2D eigenvalue weighted by Gasteiger charge is -2.09. The Balaban J connectivity index is 2.17. The Morgan fingerprint density at radius 2 is 1.81 bits per heavy atom. The van der Waals surface area contributed by atoms with Gasteiger partial charge in [0.25, 0.3) is 10.0 Å². The topological polar surface area (TPSA) is 72.0 Å². The molecular formula is C14H16ClN3O2S. The summed E-state index contributed by atoms with van der Waals surface area (Å²) in [6.07, 6.45) is 3.47. The van der Waals surface area contributed by atoms with Crippen molar-refractivity contribution in [1.82, 2.24) is 9.97 Å². The molecule has 0 fully saturated rings. The third kappa shape index (κ3) is 4.41. The van der Waals surface area contributed by atoms with Crippen molar-refractivity contribution in [3.63, 3.8) is 0 Å². The molecule has 112 valence electrons. The summed E-state index contributed by atoms with van der Waals surface area (Å²) in [5, 5.41) is 0.205. The molecule has 0 saturated carbocycles. The third-order valence-electron chi connectivity index (χ3n) is 2.74. The maximum Gasteiger partial charge on any atom is 0.263 e. The van der Waals surface area contributed by atoms with Gasteiger partial charge in [-0.3, -0.25) is 4.72 Å². The number of hydrogen-bond donors (Lipinski definition) is 1. The summed E-state index contributed by atoms with van der Waals surface area (Å²) in [6, 6.07) is 6.82. The zero-order chi connectivity index (χ0) is 15.5. The number of aromatic nitrogens is 2. The Kier molecular flexibility index (Phi) is 4.80. The molecule has 7 heteroatoms. The highest BCUT2D eigenvalue weighted by Crippen LogP contribution is 2.16. The first kappa shape index (κ1) is 15.7. The minimum absolute atomic E-state index is 0.130. The molecular weight excluding hydrogens is 310 g/mol. The number of sulfonamides is 1. The van der Waals surface area contributed by atoms with E-state index in [1.165, 1.54) is 12.4 Å². The zero-order valence-corrected chi connectivity index (χ0v) is 13.3. The highest BCUT2D eigenvalue weighted by atomic mass is 35.5. The van der Waals surface area contributed by atoms with Crippen molar-refractivity contribution in [2.24, 2.45) is 5.92 Å². The predicted molar refractivity (Wildman–Crippen MR) is 82.8 cm³/mol. The first-order valence-electron chi connectivity index (χ1n) is 6.46. The summed E-state index contributed by atoms with van der Waals surface area (Å²) in [6.45, 7) is 4.23. The van der Waals surface area contributed by atoms with E-state index in [9.17, 15) is 8.42 Å². The largest absolute Gasteiger partial charge is 0.263 e. The Labute approximate surface area is 129 Å². The van der Waals surface area contributed by atoms with E-state index < -0.39 is 10.0 Å². The van der Waals surface area contributed by atoms with Gasteiger partial charge in [0.05, 0.1) is 17.3 Å². The summed E-state index contributed by atoms with van der Waals surface area (Å²) >= 11 is 5.61. The molecule has 0 saturated heterocycles. The van der Waals surface area contributed by atoms with Crippen molar-refractivity contribution in [3.05, 3.63) is 47.4 Å². The molecule has 2 aromatic rings. The molecule has 2 rings (SSSR count). The molecule has 1 N–H and O–H groups in total. The minimum Gasteiger partial charge on any atom is -0.262 e. The fourth-order valence-electron chi connectivity index (χ4n) is 1.84. The van der Waals surface area contributed by atoms with E-state index in [4.69, 9.17) is 11.6 Å². The highest BCUT2D eigenvalue weighted by Gasteiger charge is 2.15. The molecule has 0 aliphatic rings. The van der Waals surface area contributed by atoms with Crippen molar-refractivity contribution >= 4 is 27.4 Å². The molecule has 0 aliphatic heterocycles. The normalized spacial score (nSPS) is 11.6. The van der Waals surface area contributed by atoms with Crippen LogP contribution in [0.2, 0.25) is 5.15 Å². The van der Waals surface area contributed by atoms with E-state index in [1.54, 1.807) is 12.1 Å². The van der Waals surface area contributed by atoms with Gasteiger partial charge in [-0.1, -0.05) is 37.6 Å². The Morgan fingerprint density at radius 3 is 2.33 bits per heavy atom. The summed E-state index contributed by atoms with van der Waals surface area (Å²) in [7, 11) is -3.67. The van der Waals surface area contributed by atoms with Crippen molar-refractivity contribution in [1.29, 1.82) is 0 Å². The van der Waals surface area contributed by atoms with Crippen molar-refractivity contribution < 1.29 is 8.42 Å². The van der Waals surface area contributed by atoms with Crippen LogP contribution in [0.3, 0.4) is 0 Å². The lowest BCUT2D eigenvalue weighted by molar-refractivity contribution is 0.601. The fraction of sp³-hybridized carbons (Fsp3) is 0.286. The van der Waals surface area contributed by atoms with Gasteiger partial charge < -0.3 is 0 Å². The van der Waals surface area contributed by atoms with E-state index >= 15 is 0 Å². The van der Waals surface area contributed by atoms with E-state index in [2.05, 4.69) is 28.5 Å². The van der Waals surface area contributed by atoms with Crippen LogP contribution in [0.5, 0.6) is 0 Å². The first-order valence-corrected chi connectivity index (χ1v) is 8.32. The SMILES string of the molecule is CC(C)Cc1ccc(S(=O)(=O)Nc2cnc(Cl)cn2)cc1. The average Bonchev–Trinajstić information content (AvgIpc) is 2.41. The maximum absolute atomic E-state index is 12.2. The van der Waals surface area contributed by atoms with Crippen LogP contribution < -0.4 is 4.72 Å².